The molecule has 0 spiro atoms. The zero-order valence-electron chi connectivity index (χ0n) is 16.2. The lowest BCUT2D eigenvalue weighted by Gasteiger charge is -2.32. The van der Waals surface area contributed by atoms with E-state index in [0.717, 1.165) is 24.1 Å². The van der Waals surface area contributed by atoms with Gasteiger partial charge in [-0.1, -0.05) is 0 Å². The third-order valence-electron chi connectivity index (χ3n) is 4.76. The van der Waals surface area contributed by atoms with Crippen LogP contribution >= 0.6 is 0 Å². The van der Waals surface area contributed by atoms with E-state index in [1.165, 1.54) is 0 Å². The number of nitrogens with zero attached hydrogens (tertiary/aromatic N) is 3. The third-order valence-corrected chi connectivity index (χ3v) is 4.76. The predicted octanol–water partition coefficient (Wildman–Crippen LogP) is 2.18. The molecule has 3 amide bonds. The summed E-state index contributed by atoms with van der Waals surface area (Å²) < 4.78 is 1.93. The topological polar surface area (TPSA) is 79.3 Å². The minimum atomic E-state index is -0.135. The standard InChI is InChI=1S/C18H31N5O2/c1-12(15-11-23(18(3,4)5)21-13(15)2)20-17(25)22-9-7-8-14(10-22)16(24)19-6/h11-12,14H,7-10H2,1-6H3,(H,19,24)(H,20,25)/t12-,14+/m1/s1. The number of likely N-dealkylation sites (tertiary alicyclic amines) is 1. The zero-order valence-corrected chi connectivity index (χ0v) is 16.2. The lowest BCUT2D eigenvalue weighted by molar-refractivity contribution is -0.125. The second-order valence-electron chi connectivity index (χ2n) is 7.86. The molecule has 1 saturated heterocycles. The molecule has 140 valence electrons. The largest absolute Gasteiger partial charge is 0.359 e. The van der Waals surface area contributed by atoms with Gasteiger partial charge in [0.25, 0.3) is 0 Å². The molecule has 2 atom stereocenters. The number of aryl methyl sites for hydroxylation is 1. The summed E-state index contributed by atoms with van der Waals surface area (Å²) in [6, 6.07) is -0.256. The molecular formula is C18H31N5O2. The second-order valence-corrected chi connectivity index (χ2v) is 7.86. The van der Waals surface area contributed by atoms with E-state index >= 15 is 0 Å². The number of rotatable bonds is 3. The summed E-state index contributed by atoms with van der Waals surface area (Å²) in [7, 11) is 1.64. The van der Waals surface area contributed by atoms with Crippen molar-refractivity contribution in [2.45, 2.75) is 59.0 Å². The molecule has 0 saturated carbocycles. The van der Waals surface area contributed by atoms with E-state index in [9.17, 15) is 9.59 Å². The van der Waals surface area contributed by atoms with Crippen LogP contribution < -0.4 is 10.6 Å². The van der Waals surface area contributed by atoms with Gasteiger partial charge in [0.15, 0.2) is 0 Å². The van der Waals surface area contributed by atoms with Crippen molar-refractivity contribution >= 4 is 11.9 Å². The Kier molecular flexibility index (Phi) is 5.75. The summed E-state index contributed by atoms with van der Waals surface area (Å²) >= 11 is 0. The molecule has 1 aliphatic heterocycles. The summed E-state index contributed by atoms with van der Waals surface area (Å²) in [6.45, 7) is 11.4. The number of amides is 3. The Hall–Kier alpha value is -2.05. The van der Waals surface area contributed by atoms with Crippen molar-refractivity contribution in [1.29, 1.82) is 0 Å². The Morgan fingerprint density at radius 2 is 2.04 bits per heavy atom. The van der Waals surface area contributed by atoms with Crippen molar-refractivity contribution in [3.05, 3.63) is 17.5 Å². The Bertz CT molecular complexity index is 632. The maximum atomic E-state index is 12.6. The zero-order chi connectivity index (χ0) is 18.8. The minimum Gasteiger partial charge on any atom is -0.359 e. The number of carbonyl (C=O) groups is 2. The Balaban J connectivity index is 2.03. The van der Waals surface area contributed by atoms with E-state index in [0.29, 0.717) is 13.1 Å². The SMILES string of the molecule is CNC(=O)[C@H]1CCCN(C(=O)N[C@H](C)c2cn(C(C)(C)C)nc2C)C1. The van der Waals surface area contributed by atoms with E-state index in [4.69, 9.17) is 0 Å². The predicted molar refractivity (Wildman–Crippen MR) is 97.3 cm³/mol. The molecule has 2 heterocycles. The van der Waals surface area contributed by atoms with Crippen molar-refractivity contribution in [2.75, 3.05) is 20.1 Å². The average molecular weight is 349 g/mol. The Labute approximate surface area is 150 Å². The van der Waals surface area contributed by atoms with Crippen molar-refractivity contribution in [1.82, 2.24) is 25.3 Å². The molecule has 1 aromatic rings. The first-order valence-electron chi connectivity index (χ1n) is 8.97. The number of hydrogen-bond donors (Lipinski definition) is 2. The lowest BCUT2D eigenvalue weighted by atomic mass is 9.97. The molecule has 1 fully saturated rings. The molecule has 0 bridgehead atoms. The lowest BCUT2D eigenvalue weighted by Crippen LogP contribution is -2.49. The first kappa shape index (κ1) is 19.3. The number of urea groups is 1. The van der Waals surface area contributed by atoms with Crippen LogP contribution in [0.2, 0.25) is 0 Å². The van der Waals surface area contributed by atoms with E-state index in [1.54, 1.807) is 11.9 Å². The average Bonchev–Trinajstić information content (AvgIpc) is 2.96. The fraction of sp³-hybridized carbons (Fsp3) is 0.722. The quantitative estimate of drug-likeness (QED) is 0.878. The first-order chi connectivity index (χ1) is 11.6. The van der Waals surface area contributed by atoms with Crippen molar-refractivity contribution in [2.24, 2.45) is 5.92 Å². The van der Waals surface area contributed by atoms with Crippen LogP contribution in [-0.2, 0) is 10.3 Å². The van der Waals surface area contributed by atoms with Gasteiger partial charge in [-0.15, -0.1) is 0 Å². The molecule has 0 aromatic carbocycles. The van der Waals surface area contributed by atoms with Crippen molar-refractivity contribution in [3.8, 4) is 0 Å². The van der Waals surface area contributed by atoms with Crippen LogP contribution in [0.25, 0.3) is 0 Å². The van der Waals surface area contributed by atoms with Crippen LogP contribution in [0.5, 0.6) is 0 Å². The molecule has 7 nitrogen and oxygen atoms in total. The summed E-state index contributed by atoms with van der Waals surface area (Å²) in [5.41, 5.74) is 1.84. The van der Waals surface area contributed by atoms with Gasteiger partial charge < -0.3 is 15.5 Å². The van der Waals surface area contributed by atoms with Crippen LogP contribution in [0.3, 0.4) is 0 Å². The van der Waals surface area contributed by atoms with Crippen LogP contribution in [0.4, 0.5) is 4.79 Å². The van der Waals surface area contributed by atoms with E-state index in [1.807, 2.05) is 24.7 Å². The summed E-state index contributed by atoms with van der Waals surface area (Å²) in [5.74, 6) is -0.113. The third kappa shape index (κ3) is 4.52. The molecule has 7 heteroatoms. The molecule has 0 aliphatic carbocycles. The highest BCUT2D eigenvalue weighted by Gasteiger charge is 2.29. The van der Waals surface area contributed by atoms with Gasteiger partial charge in [-0.05, 0) is 47.5 Å². The maximum Gasteiger partial charge on any atom is 0.317 e. The fourth-order valence-corrected chi connectivity index (χ4v) is 3.18. The maximum absolute atomic E-state index is 12.6. The highest BCUT2D eigenvalue weighted by Crippen LogP contribution is 2.22. The molecule has 2 N–H and O–H groups in total. The summed E-state index contributed by atoms with van der Waals surface area (Å²) in [4.78, 5) is 26.2. The van der Waals surface area contributed by atoms with E-state index < -0.39 is 0 Å². The highest BCUT2D eigenvalue weighted by atomic mass is 16.2. The molecule has 0 unspecified atom stereocenters. The Morgan fingerprint density at radius 1 is 1.36 bits per heavy atom. The first-order valence-corrected chi connectivity index (χ1v) is 8.97. The van der Waals surface area contributed by atoms with Gasteiger partial charge in [0, 0.05) is 31.9 Å². The fourth-order valence-electron chi connectivity index (χ4n) is 3.18. The van der Waals surface area contributed by atoms with Gasteiger partial charge in [-0.25, -0.2) is 4.79 Å². The number of carbonyl (C=O) groups excluding carboxylic acids is 2. The van der Waals surface area contributed by atoms with Crippen molar-refractivity contribution in [3.63, 3.8) is 0 Å². The van der Waals surface area contributed by atoms with Gasteiger partial charge in [-0.3, -0.25) is 9.48 Å². The molecule has 1 aliphatic rings. The normalized spacial score (nSPS) is 19.4. The van der Waals surface area contributed by atoms with Crippen LogP contribution in [0.1, 0.15) is 57.8 Å². The van der Waals surface area contributed by atoms with Gasteiger partial charge >= 0.3 is 6.03 Å². The van der Waals surface area contributed by atoms with Gasteiger partial charge in [0.2, 0.25) is 5.91 Å². The molecule has 1 aromatic heterocycles. The molecule has 2 rings (SSSR count). The molecular weight excluding hydrogens is 318 g/mol. The number of hydrogen-bond acceptors (Lipinski definition) is 3. The van der Waals surface area contributed by atoms with Crippen LogP contribution in [0, 0.1) is 12.8 Å². The summed E-state index contributed by atoms with van der Waals surface area (Å²) in [5, 5.41) is 10.3. The van der Waals surface area contributed by atoms with Crippen LogP contribution in [0.15, 0.2) is 6.20 Å². The molecule has 0 radical (unpaired) electrons. The number of aromatic nitrogens is 2. The number of piperidine rings is 1. The van der Waals surface area contributed by atoms with E-state index in [-0.39, 0.29) is 29.4 Å². The summed E-state index contributed by atoms with van der Waals surface area (Å²) in [6.07, 6.45) is 3.68. The minimum absolute atomic E-state index is 0.00727. The van der Waals surface area contributed by atoms with Crippen molar-refractivity contribution < 1.29 is 9.59 Å². The second kappa shape index (κ2) is 7.45. The van der Waals surface area contributed by atoms with Crippen LogP contribution in [-0.4, -0.2) is 46.8 Å². The van der Waals surface area contributed by atoms with Gasteiger partial charge in [0.05, 0.1) is 23.2 Å². The number of nitrogens with one attached hydrogen (secondary N) is 2. The smallest absolute Gasteiger partial charge is 0.317 e. The molecule has 25 heavy (non-hydrogen) atoms. The van der Waals surface area contributed by atoms with E-state index in [2.05, 4.69) is 36.5 Å². The van der Waals surface area contributed by atoms with Gasteiger partial charge in [-0.2, -0.15) is 5.10 Å². The monoisotopic (exact) mass is 349 g/mol. The highest BCUT2D eigenvalue weighted by molar-refractivity contribution is 5.80. The van der Waals surface area contributed by atoms with Gasteiger partial charge in [0.1, 0.15) is 0 Å². The Morgan fingerprint density at radius 3 is 2.60 bits per heavy atom.